The van der Waals surface area contributed by atoms with Gasteiger partial charge >= 0.3 is 6.09 Å². The third kappa shape index (κ3) is 2.06. The average molecular weight is 208 g/mol. The van der Waals surface area contributed by atoms with Crippen LogP contribution in [0.5, 0.6) is 0 Å². The molecule has 0 heterocycles. The number of rotatable bonds is 1. The van der Waals surface area contributed by atoms with Crippen LogP contribution >= 0.6 is 11.6 Å². The highest BCUT2D eigenvalue weighted by Crippen LogP contribution is 2.25. The Bertz CT molecular complexity index is 357. The number of nitrogens with one attached hydrogen (secondary N) is 1. The van der Waals surface area contributed by atoms with E-state index in [4.69, 9.17) is 16.7 Å². The van der Waals surface area contributed by atoms with Crippen molar-refractivity contribution in [2.45, 2.75) is 0 Å². The summed E-state index contributed by atoms with van der Waals surface area (Å²) in [5.74, 6) is -2.13. The lowest BCUT2D eigenvalue weighted by molar-refractivity contribution is 0.209. The molecule has 2 N–H and O–H groups in total. The molecule has 0 bridgehead atoms. The summed E-state index contributed by atoms with van der Waals surface area (Å²) in [7, 11) is 0. The minimum Gasteiger partial charge on any atom is -0.465 e. The lowest BCUT2D eigenvalue weighted by atomic mass is 10.3. The molecule has 70 valence electrons. The number of anilines is 1. The summed E-state index contributed by atoms with van der Waals surface area (Å²) in [6.45, 7) is 0. The summed E-state index contributed by atoms with van der Waals surface area (Å²) in [5, 5.41) is 9.44. The van der Waals surface area contributed by atoms with E-state index in [1.54, 1.807) is 5.32 Å². The first-order chi connectivity index (χ1) is 6.02. The van der Waals surface area contributed by atoms with E-state index in [0.29, 0.717) is 0 Å². The summed E-state index contributed by atoms with van der Waals surface area (Å²) < 4.78 is 25.7. The zero-order valence-corrected chi connectivity index (χ0v) is 6.90. The van der Waals surface area contributed by atoms with E-state index in [0.717, 1.165) is 12.1 Å². The fourth-order valence-corrected chi connectivity index (χ4v) is 0.906. The van der Waals surface area contributed by atoms with Gasteiger partial charge in [0.1, 0.15) is 11.5 Å². The van der Waals surface area contributed by atoms with Gasteiger partial charge in [-0.05, 0) is 12.1 Å². The molecule has 0 aliphatic heterocycles. The SMILES string of the molecule is O=C(O)Nc1c(F)ccc(Cl)c1F. The quantitative estimate of drug-likeness (QED) is 0.696. The highest BCUT2D eigenvalue weighted by atomic mass is 35.5. The van der Waals surface area contributed by atoms with Gasteiger partial charge in [0.05, 0.1) is 5.02 Å². The minimum atomic E-state index is -1.56. The van der Waals surface area contributed by atoms with Crippen molar-refractivity contribution < 1.29 is 18.7 Å². The van der Waals surface area contributed by atoms with Crippen molar-refractivity contribution in [3.8, 4) is 0 Å². The van der Waals surface area contributed by atoms with Gasteiger partial charge in [-0.3, -0.25) is 5.32 Å². The van der Waals surface area contributed by atoms with Crippen LogP contribution in [0.3, 0.4) is 0 Å². The molecule has 1 rings (SSSR count). The van der Waals surface area contributed by atoms with Gasteiger partial charge in [0, 0.05) is 0 Å². The zero-order valence-electron chi connectivity index (χ0n) is 6.14. The molecule has 0 saturated heterocycles. The largest absolute Gasteiger partial charge is 0.465 e. The van der Waals surface area contributed by atoms with E-state index in [1.165, 1.54) is 0 Å². The molecule has 1 aromatic rings. The van der Waals surface area contributed by atoms with Gasteiger partial charge < -0.3 is 5.11 Å². The molecular weight excluding hydrogens is 204 g/mol. The molecule has 0 spiro atoms. The van der Waals surface area contributed by atoms with E-state index in [2.05, 4.69) is 0 Å². The maximum Gasteiger partial charge on any atom is 0.409 e. The molecule has 0 aliphatic carbocycles. The standard InChI is InChI=1S/C7H4ClF2NO2/c8-3-1-2-4(9)6(5(3)10)11-7(12)13/h1-2,11H,(H,12,13). The molecule has 0 aromatic heterocycles. The van der Waals surface area contributed by atoms with Gasteiger partial charge in [0.2, 0.25) is 0 Å². The Morgan fingerprint density at radius 2 is 2.08 bits per heavy atom. The first-order valence-electron chi connectivity index (χ1n) is 3.16. The predicted octanol–water partition coefficient (Wildman–Crippen LogP) is 2.71. The highest BCUT2D eigenvalue weighted by Gasteiger charge is 2.14. The van der Waals surface area contributed by atoms with Crippen LogP contribution in [0.25, 0.3) is 0 Å². The van der Waals surface area contributed by atoms with Gasteiger partial charge in [0.15, 0.2) is 5.82 Å². The summed E-state index contributed by atoms with van der Waals surface area (Å²) >= 11 is 5.29. The fraction of sp³-hybridized carbons (Fsp3) is 0. The molecule has 0 saturated carbocycles. The number of hydrogen-bond acceptors (Lipinski definition) is 1. The van der Waals surface area contributed by atoms with E-state index in [-0.39, 0.29) is 5.02 Å². The molecule has 6 heteroatoms. The Balaban J connectivity index is 3.17. The van der Waals surface area contributed by atoms with Gasteiger partial charge in [-0.25, -0.2) is 13.6 Å². The molecular formula is C7H4ClF2NO2. The Morgan fingerprint density at radius 3 is 2.62 bits per heavy atom. The van der Waals surface area contributed by atoms with Crippen LogP contribution < -0.4 is 5.32 Å². The second-order valence-electron chi connectivity index (χ2n) is 2.15. The molecule has 0 aliphatic rings. The molecule has 0 atom stereocenters. The van der Waals surface area contributed by atoms with Crippen LogP contribution in [-0.4, -0.2) is 11.2 Å². The number of halogens is 3. The molecule has 1 amide bonds. The molecule has 0 radical (unpaired) electrons. The average Bonchev–Trinajstić information content (AvgIpc) is 2.05. The lowest BCUT2D eigenvalue weighted by Gasteiger charge is -2.04. The van der Waals surface area contributed by atoms with Crippen molar-refractivity contribution in [1.29, 1.82) is 0 Å². The lowest BCUT2D eigenvalue weighted by Crippen LogP contribution is -2.10. The predicted molar refractivity (Wildman–Crippen MR) is 43.0 cm³/mol. The van der Waals surface area contributed by atoms with E-state index in [9.17, 15) is 13.6 Å². The number of carbonyl (C=O) groups is 1. The summed E-state index contributed by atoms with van der Waals surface area (Å²) in [5.41, 5.74) is -0.764. The van der Waals surface area contributed by atoms with Crippen molar-refractivity contribution in [3.05, 3.63) is 28.8 Å². The van der Waals surface area contributed by atoms with Crippen molar-refractivity contribution >= 4 is 23.4 Å². The zero-order chi connectivity index (χ0) is 10.0. The molecule has 13 heavy (non-hydrogen) atoms. The van der Waals surface area contributed by atoms with E-state index in [1.807, 2.05) is 0 Å². The third-order valence-corrected chi connectivity index (χ3v) is 1.57. The molecule has 0 fully saturated rings. The maximum absolute atomic E-state index is 12.9. The second-order valence-corrected chi connectivity index (χ2v) is 2.56. The van der Waals surface area contributed by atoms with E-state index >= 15 is 0 Å². The molecule has 0 unspecified atom stereocenters. The fourth-order valence-electron chi connectivity index (χ4n) is 0.749. The van der Waals surface area contributed by atoms with Gasteiger partial charge in [-0.2, -0.15) is 0 Å². The highest BCUT2D eigenvalue weighted by molar-refractivity contribution is 6.31. The number of carboxylic acid groups (broad SMARTS) is 1. The van der Waals surface area contributed by atoms with Gasteiger partial charge in [-0.1, -0.05) is 11.6 Å². The minimum absolute atomic E-state index is 0.342. The van der Waals surface area contributed by atoms with Crippen molar-refractivity contribution in [2.75, 3.05) is 5.32 Å². The van der Waals surface area contributed by atoms with Crippen LogP contribution in [0.4, 0.5) is 19.3 Å². The monoisotopic (exact) mass is 207 g/mol. The van der Waals surface area contributed by atoms with Crippen LogP contribution in [-0.2, 0) is 0 Å². The van der Waals surface area contributed by atoms with Crippen LogP contribution in [0.2, 0.25) is 5.02 Å². The topological polar surface area (TPSA) is 49.3 Å². The first-order valence-corrected chi connectivity index (χ1v) is 3.53. The molecule has 1 aromatic carbocycles. The number of benzene rings is 1. The Hall–Kier alpha value is -1.36. The Morgan fingerprint density at radius 1 is 1.46 bits per heavy atom. The van der Waals surface area contributed by atoms with Crippen molar-refractivity contribution in [2.24, 2.45) is 0 Å². The normalized spacial score (nSPS) is 9.77. The Labute approximate surface area is 76.9 Å². The number of hydrogen-bond donors (Lipinski definition) is 2. The van der Waals surface area contributed by atoms with E-state index < -0.39 is 23.4 Å². The van der Waals surface area contributed by atoms with Crippen molar-refractivity contribution in [3.63, 3.8) is 0 Å². The first kappa shape index (κ1) is 9.73. The van der Waals surface area contributed by atoms with Gasteiger partial charge in [0.25, 0.3) is 0 Å². The summed E-state index contributed by atoms with van der Waals surface area (Å²) in [6, 6.07) is 1.87. The summed E-state index contributed by atoms with van der Waals surface area (Å²) in [6.07, 6.45) is -1.56. The second kappa shape index (κ2) is 3.57. The summed E-state index contributed by atoms with van der Waals surface area (Å²) in [4.78, 5) is 10.1. The smallest absolute Gasteiger partial charge is 0.409 e. The van der Waals surface area contributed by atoms with Crippen molar-refractivity contribution in [1.82, 2.24) is 0 Å². The molecule has 3 nitrogen and oxygen atoms in total. The van der Waals surface area contributed by atoms with Crippen LogP contribution in [0, 0.1) is 11.6 Å². The van der Waals surface area contributed by atoms with Crippen LogP contribution in [0.1, 0.15) is 0 Å². The maximum atomic E-state index is 12.9. The van der Waals surface area contributed by atoms with Gasteiger partial charge in [-0.15, -0.1) is 0 Å². The third-order valence-electron chi connectivity index (χ3n) is 1.28. The van der Waals surface area contributed by atoms with Crippen LogP contribution in [0.15, 0.2) is 12.1 Å². The Kier molecular flexibility index (Phi) is 2.67. The number of amides is 1.